The minimum absolute atomic E-state index is 0.0305. The summed E-state index contributed by atoms with van der Waals surface area (Å²) in [5, 5.41) is 3.69. The Morgan fingerprint density at radius 3 is 2.37 bits per heavy atom. The van der Waals surface area contributed by atoms with E-state index in [-0.39, 0.29) is 27.1 Å². The molecule has 3 aromatic rings. The van der Waals surface area contributed by atoms with Crippen molar-refractivity contribution < 1.29 is 21.6 Å². The standard InChI is InChI=1S/C16H12ClF3N4O2S/c1-9-3-5-11(12(17)7-9)14-22-15(16(18,19)20)23-24(14)13-6-4-10(8-21-13)27(2,25)26/h3-8H,1-2H3. The lowest BCUT2D eigenvalue weighted by Gasteiger charge is -2.08. The van der Waals surface area contributed by atoms with Gasteiger partial charge in [0.15, 0.2) is 21.5 Å². The molecule has 1 aromatic carbocycles. The Bertz CT molecular complexity index is 1110. The van der Waals surface area contributed by atoms with Crippen LogP contribution in [0.4, 0.5) is 13.2 Å². The molecule has 0 spiro atoms. The van der Waals surface area contributed by atoms with Gasteiger partial charge in [0.1, 0.15) is 0 Å². The molecule has 0 aliphatic carbocycles. The summed E-state index contributed by atoms with van der Waals surface area (Å²) in [7, 11) is -3.50. The Hall–Kier alpha value is -2.46. The van der Waals surface area contributed by atoms with E-state index in [0.717, 1.165) is 22.7 Å². The Kier molecular flexibility index (Phi) is 4.73. The molecule has 2 heterocycles. The van der Waals surface area contributed by atoms with Gasteiger partial charge < -0.3 is 0 Å². The largest absolute Gasteiger partial charge is 0.453 e. The van der Waals surface area contributed by atoms with E-state index in [1.807, 2.05) is 0 Å². The number of hydrogen-bond donors (Lipinski definition) is 0. The van der Waals surface area contributed by atoms with Gasteiger partial charge in [-0.05, 0) is 36.8 Å². The minimum Gasteiger partial charge on any atom is -0.236 e. The number of alkyl halides is 3. The molecule has 0 fully saturated rings. The molecule has 0 aliphatic rings. The lowest BCUT2D eigenvalue weighted by atomic mass is 10.1. The molecule has 0 radical (unpaired) electrons. The number of halogens is 4. The van der Waals surface area contributed by atoms with Gasteiger partial charge in [-0.25, -0.2) is 18.4 Å². The van der Waals surface area contributed by atoms with E-state index in [2.05, 4.69) is 15.1 Å². The van der Waals surface area contributed by atoms with Gasteiger partial charge in [-0.3, -0.25) is 0 Å². The van der Waals surface area contributed by atoms with Crippen LogP contribution in [0.15, 0.2) is 41.4 Å². The van der Waals surface area contributed by atoms with Crippen LogP contribution in [0.3, 0.4) is 0 Å². The van der Waals surface area contributed by atoms with Crippen LogP contribution in [0.1, 0.15) is 11.4 Å². The summed E-state index contributed by atoms with van der Waals surface area (Å²) in [6.07, 6.45) is -2.73. The summed E-state index contributed by atoms with van der Waals surface area (Å²) in [6.45, 7) is 1.78. The van der Waals surface area contributed by atoms with Gasteiger partial charge in [0.05, 0.1) is 9.92 Å². The second kappa shape index (κ2) is 6.61. The minimum atomic E-state index is -4.77. The van der Waals surface area contributed by atoms with Gasteiger partial charge in [0, 0.05) is 18.0 Å². The number of pyridine rings is 1. The van der Waals surface area contributed by atoms with Crippen molar-refractivity contribution in [2.24, 2.45) is 0 Å². The molecule has 0 saturated carbocycles. The third-order valence-electron chi connectivity index (χ3n) is 3.59. The Labute approximate surface area is 157 Å². The third kappa shape index (κ3) is 3.96. The van der Waals surface area contributed by atoms with Crippen molar-refractivity contribution in [1.82, 2.24) is 19.7 Å². The molecule has 0 unspecified atom stereocenters. The lowest BCUT2D eigenvalue weighted by Crippen LogP contribution is -2.09. The van der Waals surface area contributed by atoms with E-state index in [9.17, 15) is 21.6 Å². The molecule has 0 saturated heterocycles. The molecule has 0 aliphatic heterocycles. The van der Waals surface area contributed by atoms with Crippen LogP contribution in [0.25, 0.3) is 17.2 Å². The second-order valence-electron chi connectivity index (χ2n) is 5.78. The van der Waals surface area contributed by atoms with Crippen LogP contribution in [-0.4, -0.2) is 34.4 Å². The number of rotatable bonds is 3. The van der Waals surface area contributed by atoms with E-state index in [4.69, 9.17) is 11.6 Å². The zero-order valence-corrected chi connectivity index (χ0v) is 15.6. The molecule has 0 atom stereocenters. The number of aromatic nitrogens is 4. The van der Waals surface area contributed by atoms with Gasteiger partial charge in [-0.1, -0.05) is 17.7 Å². The molecule has 0 bridgehead atoms. The monoisotopic (exact) mass is 416 g/mol. The van der Waals surface area contributed by atoms with Crippen molar-refractivity contribution >= 4 is 21.4 Å². The van der Waals surface area contributed by atoms with Gasteiger partial charge in [-0.15, -0.1) is 5.10 Å². The van der Waals surface area contributed by atoms with E-state index in [1.165, 1.54) is 18.2 Å². The highest BCUT2D eigenvalue weighted by molar-refractivity contribution is 7.90. The first-order valence-corrected chi connectivity index (χ1v) is 9.71. The van der Waals surface area contributed by atoms with E-state index >= 15 is 0 Å². The van der Waals surface area contributed by atoms with E-state index in [1.54, 1.807) is 19.1 Å². The van der Waals surface area contributed by atoms with Crippen LogP contribution < -0.4 is 0 Å². The zero-order valence-electron chi connectivity index (χ0n) is 14.0. The first-order chi connectivity index (χ1) is 12.5. The average Bonchev–Trinajstić information content (AvgIpc) is 2.99. The summed E-state index contributed by atoms with van der Waals surface area (Å²) in [5.41, 5.74) is 1.06. The van der Waals surface area contributed by atoms with Gasteiger partial charge in [0.2, 0.25) is 0 Å². The van der Waals surface area contributed by atoms with Crippen molar-refractivity contribution in [3.8, 4) is 17.2 Å². The van der Waals surface area contributed by atoms with Crippen LogP contribution in [0.2, 0.25) is 5.02 Å². The number of hydrogen-bond acceptors (Lipinski definition) is 5. The maximum atomic E-state index is 13.1. The molecule has 2 aromatic heterocycles. The highest BCUT2D eigenvalue weighted by atomic mass is 35.5. The fourth-order valence-electron chi connectivity index (χ4n) is 2.28. The molecule has 11 heteroatoms. The zero-order chi connectivity index (χ0) is 20.0. The van der Waals surface area contributed by atoms with Crippen molar-refractivity contribution in [3.63, 3.8) is 0 Å². The van der Waals surface area contributed by atoms with Gasteiger partial charge in [-0.2, -0.15) is 17.9 Å². The first kappa shape index (κ1) is 19.3. The fourth-order valence-corrected chi connectivity index (χ4v) is 3.16. The second-order valence-corrected chi connectivity index (χ2v) is 8.20. The number of benzene rings is 1. The maximum absolute atomic E-state index is 13.1. The third-order valence-corrected chi connectivity index (χ3v) is 5.00. The van der Waals surface area contributed by atoms with Crippen molar-refractivity contribution in [3.05, 3.63) is 52.9 Å². The Morgan fingerprint density at radius 2 is 1.85 bits per heavy atom. The average molecular weight is 417 g/mol. The van der Waals surface area contributed by atoms with Crippen LogP contribution in [-0.2, 0) is 16.0 Å². The van der Waals surface area contributed by atoms with Crippen LogP contribution in [0, 0.1) is 6.92 Å². The van der Waals surface area contributed by atoms with Crippen LogP contribution in [0.5, 0.6) is 0 Å². The maximum Gasteiger partial charge on any atom is 0.453 e. The normalized spacial score (nSPS) is 12.4. The lowest BCUT2D eigenvalue weighted by molar-refractivity contribution is -0.144. The Balaban J connectivity index is 2.21. The summed E-state index contributed by atoms with van der Waals surface area (Å²) in [4.78, 5) is 7.42. The summed E-state index contributed by atoms with van der Waals surface area (Å²) in [6, 6.07) is 7.27. The van der Waals surface area contributed by atoms with Crippen LogP contribution >= 0.6 is 11.6 Å². The highest BCUT2D eigenvalue weighted by Crippen LogP contribution is 2.33. The molecule has 3 rings (SSSR count). The van der Waals surface area contributed by atoms with E-state index in [0.29, 0.717) is 0 Å². The first-order valence-electron chi connectivity index (χ1n) is 7.44. The summed E-state index contributed by atoms with van der Waals surface area (Å²) >= 11 is 6.17. The molecule has 27 heavy (non-hydrogen) atoms. The number of nitrogens with zero attached hydrogens (tertiary/aromatic N) is 4. The predicted octanol–water partition coefficient (Wildman–Crippen LogP) is 3.71. The smallest absolute Gasteiger partial charge is 0.236 e. The fraction of sp³-hybridized carbons (Fsp3) is 0.188. The van der Waals surface area contributed by atoms with Gasteiger partial charge in [0.25, 0.3) is 5.82 Å². The molecule has 6 nitrogen and oxygen atoms in total. The number of sulfone groups is 1. The highest BCUT2D eigenvalue weighted by Gasteiger charge is 2.38. The SMILES string of the molecule is Cc1ccc(-c2nc(C(F)(F)F)nn2-c2ccc(S(C)(=O)=O)cn2)c(Cl)c1. The molecule has 142 valence electrons. The molecular weight excluding hydrogens is 405 g/mol. The Morgan fingerprint density at radius 1 is 1.15 bits per heavy atom. The molecular formula is C16H12ClF3N4O2S. The van der Waals surface area contributed by atoms with Crippen molar-refractivity contribution in [1.29, 1.82) is 0 Å². The summed E-state index contributed by atoms with van der Waals surface area (Å²) < 4.78 is 63.3. The van der Waals surface area contributed by atoms with Gasteiger partial charge >= 0.3 is 6.18 Å². The molecule has 0 N–H and O–H groups in total. The molecule has 0 amide bonds. The van der Waals surface area contributed by atoms with Crippen molar-refractivity contribution in [2.45, 2.75) is 18.0 Å². The topological polar surface area (TPSA) is 77.7 Å². The quantitative estimate of drug-likeness (QED) is 0.650. The number of aryl methyl sites for hydroxylation is 1. The predicted molar refractivity (Wildman–Crippen MR) is 92.4 cm³/mol. The van der Waals surface area contributed by atoms with E-state index < -0.39 is 21.8 Å². The summed E-state index contributed by atoms with van der Waals surface area (Å²) in [5.74, 6) is -1.55. The van der Waals surface area contributed by atoms with Crippen molar-refractivity contribution in [2.75, 3.05) is 6.26 Å².